The maximum Gasteiger partial charge on any atom is 0.241 e. The van der Waals surface area contributed by atoms with Crippen LogP contribution in [0.2, 0.25) is 0 Å². The number of methoxy groups -OCH3 is 1. The second kappa shape index (κ2) is 7.61. The van der Waals surface area contributed by atoms with Crippen LogP contribution < -0.4 is 10.1 Å². The Morgan fingerprint density at radius 3 is 2.36 bits per heavy atom. The molecule has 1 atom stereocenters. The predicted octanol–water partition coefficient (Wildman–Crippen LogP) is 3.15. The number of nitrogens with one attached hydrogen (secondary N) is 1. The van der Waals surface area contributed by atoms with Gasteiger partial charge in [0, 0.05) is 12.2 Å². The quantitative estimate of drug-likeness (QED) is 0.890. The van der Waals surface area contributed by atoms with E-state index in [1.54, 1.807) is 7.11 Å². The number of carbonyl (C=O) groups is 1. The van der Waals surface area contributed by atoms with Gasteiger partial charge >= 0.3 is 0 Å². The molecule has 2 rings (SSSR count). The molecule has 0 bridgehead atoms. The minimum Gasteiger partial charge on any atom is -0.497 e. The summed E-state index contributed by atoms with van der Waals surface area (Å²) in [5.74, 6) is 0.746. The second-order valence-corrected chi connectivity index (χ2v) is 5.29. The molecule has 0 spiro atoms. The number of likely N-dealkylation sites (N-methyl/N-ethyl adjacent to an activating group) is 1. The van der Waals surface area contributed by atoms with E-state index < -0.39 is 0 Å². The first-order chi connectivity index (χ1) is 10.6. The number of hydrogen-bond acceptors (Lipinski definition) is 3. The maximum absolute atomic E-state index is 12.3. The minimum atomic E-state index is -0.220. The number of rotatable bonds is 6. The predicted molar refractivity (Wildman–Crippen MR) is 89.0 cm³/mol. The lowest BCUT2D eigenvalue weighted by Gasteiger charge is -2.24. The summed E-state index contributed by atoms with van der Waals surface area (Å²) in [4.78, 5) is 14.3. The topological polar surface area (TPSA) is 41.6 Å². The van der Waals surface area contributed by atoms with E-state index in [0.29, 0.717) is 0 Å². The summed E-state index contributed by atoms with van der Waals surface area (Å²) in [5, 5.41) is 2.92. The van der Waals surface area contributed by atoms with E-state index in [1.807, 2.05) is 61.3 Å². The van der Waals surface area contributed by atoms with Crippen LogP contribution >= 0.6 is 0 Å². The van der Waals surface area contributed by atoms with Crippen molar-refractivity contribution in [2.24, 2.45) is 0 Å². The van der Waals surface area contributed by atoms with Crippen molar-refractivity contribution in [2.45, 2.75) is 19.5 Å². The maximum atomic E-state index is 12.3. The Bertz CT molecular complexity index is 596. The SMILES string of the molecule is COc1ccc(NC(=O)[C@@H](C)N(C)Cc2ccccc2)cc1. The molecule has 0 fully saturated rings. The normalized spacial score (nSPS) is 12.0. The van der Waals surface area contributed by atoms with E-state index >= 15 is 0 Å². The molecule has 2 aromatic carbocycles. The Kier molecular flexibility index (Phi) is 5.55. The first-order valence-electron chi connectivity index (χ1n) is 7.29. The highest BCUT2D eigenvalue weighted by Crippen LogP contribution is 2.16. The average Bonchev–Trinajstić information content (AvgIpc) is 2.55. The van der Waals surface area contributed by atoms with Crippen LogP contribution in [-0.4, -0.2) is 31.0 Å². The highest BCUT2D eigenvalue weighted by molar-refractivity contribution is 5.94. The lowest BCUT2D eigenvalue weighted by atomic mass is 10.2. The molecule has 0 saturated heterocycles. The summed E-state index contributed by atoms with van der Waals surface area (Å²) in [6, 6.07) is 17.2. The molecule has 2 aromatic rings. The molecule has 0 aromatic heterocycles. The van der Waals surface area contributed by atoms with Gasteiger partial charge in [-0.2, -0.15) is 0 Å². The van der Waals surface area contributed by atoms with Gasteiger partial charge in [-0.05, 0) is 43.8 Å². The molecule has 0 heterocycles. The van der Waals surface area contributed by atoms with Crippen molar-refractivity contribution >= 4 is 11.6 Å². The molecule has 4 heteroatoms. The first-order valence-corrected chi connectivity index (χ1v) is 7.29. The molecule has 22 heavy (non-hydrogen) atoms. The van der Waals surface area contributed by atoms with Gasteiger partial charge < -0.3 is 10.1 Å². The monoisotopic (exact) mass is 298 g/mol. The van der Waals surface area contributed by atoms with Crippen molar-refractivity contribution in [2.75, 3.05) is 19.5 Å². The molecule has 0 unspecified atom stereocenters. The first kappa shape index (κ1) is 16.0. The van der Waals surface area contributed by atoms with Crippen LogP contribution in [-0.2, 0) is 11.3 Å². The third-order valence-electron chi connectivity index (χ3n) is 3.67. The number of benzene rings is 2. The van der Waals surface area contributed by atoms with Crippen LogP contribution in [0.5, 0.6) is 5.75 Å². The average molecular weight is 298 g/mol. The molecular formula is C18H22N2O2. The lowest BCUT2D eigenvalue weighted by molar-refractivity contribution is -0.120. The smallest absolute Gasteiger partial charge is 0.241 e. The van der Waals surface area contributed by atoms with E-state index in [0.717, 1.165) is 18.0 Å². The van der Waals surface area contributed by atoms with Crippen molar-refractivity contribution in [3.8, 4) is 5.75 Å². The summed E-state index contributed by atoms with van der Waals surface area (Å²) in [7, 11) is 3.57. The fourth-order valence-electron chi connectivity index (χ4n) is 2.13. The molecule has 0 aliphatic heterocycles. The van der Waals surface area contributed by atoms with Crippen LogP contribution in [0.4, 0.5) is 5.69 Å². The number of hydrogen-bond donors (Lipinski definition) is 1. The van der Waals surface area contributed by atoms with Crippen LogP contribution in [0.3, 0.4) is 0 Å². The molecule has 1 amide bonds. The Morgan fingerprint density at radius 1 is 1.14 bits per heavy atom. The zero-order valence-corrected chi connectivity index (χ0v) is 13.2. The van der Waals surface area contributed by atoms with E-state index in [4.69, 9.17) is 4.74 Å². The third kappa shape index (κ3) is 4.33. The molecule has 0 saturated carbocycles. The van der Waals surface area contributed by atoms with Crippen molar-refractivity contribution in [1.29, 1.82) is 0 Å². The van der Waals surface area contributed by atoms with Gasteiger partial charge in [0.15, 0.2) is 0 Å². The van der Waals surface area contributed by atoms with Crippen LogP contribution in [0.15, 0.2) is 54.6 Å². The lowest BCUT2D eigenvalue weighted by Crippen LogP contribution is -2.39. The molecule has 0 aliphatic rings. The Balaban J connectivity index is 1.93. The number of nitrogens with zero attached hydrogens (tertiary/aromatic N) is 1. The van der Waals surface area contributed by atoms with E-state index in [-0.39, 0.29) is 11.9 Å². The van der Waals surface area contributed by atoms with Gasteiger partial charge in [0.25, 0.3) is 0 Å². The summed E-state index contributed by atoms with van der Waals surface area (Å²) >= 11 is 0. The Labute approximate surface area is 131 Å². The molecule has 4 nitrogen and oxygen atoms in total. The highest BCUT2D eigenvalue weighted by atomic mass is 16.5. The highest BCUT2D eigenvalue weighted by Gasteiger charge is 2.18. The van der Waals surface area contributed by atoms with Crippen LogP contribution in [0, 0.1) is 0 Å². The number of carbonyl (C=O) groups excluding carboxylic acids is 1. The minimum absolute atomic E-state index is 0.0244. The van der Waals surface area contributed by atoms with Gasteiger partial charge in [-0.15, -0.1) is 0 Å². The largest absolute Gasteiger partial charge is 0.497 e. The van der Waals surface area contributed by atoms with Gasteiger partial charge in [0.1, 0.15) is 5.75 Å². The van der Waals surface area contributed by atoms with E-state index in [1.165, 1.54) is 5.56 Å². The zero-order valence-electron chi connectivity index (χ0n) is 13.2. The molecule has 116 valence electrons. The Morgan fingerprint density at radius 2 is 1.77 bits per heavy atom. The number of anilines is 1. The van der Waals surface area contributed by atoms with E-state index in [9.17, 15) is 4.79 Å². The summed E-state index contributed by atoms with van der Waals surface area (Å²) in [6.45, 7) is 2.64. The van der Waals surface area contributed by atoms with Crippen LogP contribution in [0.25, 0.3) is 0 Å². The van der Waals surface area contributed by atoms with Crippen molar-refractivity contribution < 1.29 is 9.53 Å². The molecule has 1 N–H and O–H groups in total. The summed E-state index contributed by atoms with van der Waals surface area (Å²) in [6.07, 6.45) is 0. The fraction of sp³-hybridized carbons (Fsp3) is 0.278. The molecule has 0 aliphatic carbocycles. The van der Waals surface area contributed by atoms with Gasteiger partial charge in [-0.25, -0.2) is 0 Å². The zero-order chi connectivity index (χ0) is 15.9. The molecular weight excluding hydrogens is 276 g/mol. The second-order valence-electron chi connectivity index (χ2n) is 5.29. The number of amides is 1. The van der Waals surface area contributed by atoms with Gasteiger partial charge in [-0.1, -0.05) is 30.3 Å². The van der Waals surface area contributed by atoms with Crippen LogP contribution in [0.1, 0.15) is 12.5 Å². The van der Waals surface area contributed by atoms with Crippen molar-refractivity contribution in [3.05, 3.63) is 60.2 Å². The third-order valence-corrected chi connectivity index (χ3v) is 3.67. The van der Waals surface area contributed by atoms with Crippen molar-refractivity contribution in [3.63, 3.8) is 0 Å². The number of ether oxygens (including phenoxy) is 1. The summed E-state index contributed by atoms with van der Waals surface area (Å²) < 4.78 is 5.11. The van der Waals surface area contributed by atoms with Gasteiger partial charge in [-0.3, -0.25) is 9.69 Å². The summed E-state index contributed by atoms with van der Waals surface area (Å²) in [5.41, 5.74) is 1.96. The molecule has 0 radical (unpaired) electrons. The fourth-order valence-corrected chi connectivity index (χ4v) is 2.13. The van der Waals surface area contributed by atoms with Gasteiger partial charge in [0.2, 0.25) is 5.91 Å². The van der Waals surface area contributed by atoms with Gasteiger partial charge in [0.05, 0.1) is 13.2 Å². The van der Waals surface area contributed by atoms with Crippen molar-refractivity contribution in [1.82, 2.24) is 4.90 Å². The van der Waals surface area contributed by atoms with E-state index in [2.05, 4.69) is 17.4 Å². The Hall–Kier alpha value is -2.33. The standard InChI is InChI=1S/C18H22N2O2/c1-14(20(2)13-15-7-5-4-6-8-15)18(21)19-16-9-11-17(22-3)12-10-16/h4-12,14H,13H2,1-3H3,(H,19,21)/t14-/m1/s1.